The van der Waals surface area contributed by atoms with E-state index < -0.39 is 7.52 Å². The van der Waals surface area contributed by atoms with E-state index in [1.807, 2.05) is 32.4 Å². The summed E-state index contributed by atoms with van der Waals surface area (Å²) < 4.78 is 41.9. The van der Waals surface area contributed by atoms with E-state index in [0.717, 1.165) is 0 Å². The Bertz CT molecular complexity index is 330. The highest BCUT2D eigenvalue weighted by Gasteiger charge is 2.34. The molecule has 146 valence electrons. The zero-order valence-corrected chi connectivity index (χ0v) is 16.9. The fourth-order valence-electron chi connectivity index (χ4n) is 2.08. The molecule has 0 radical (unpaired) electrons. The number of hydrogen-bond donors (Lipinski definition) is 0. The van der Waals surface area contributed by atoms with E-state index in [2.05, 4.69) is 0 Å². The van der Waals surface area contributed by atoms with Gasteiger partial charge in [-0.05, 0) is 13.8 Å². The van der Waals surface area contributed by atoms with Crippen LogP contribution in [0.25, 0.3) is 0 Å². The van der Waals surface area contributed by atoms with Crippen molar-refractivity contribution in [2.75, 3.05) is 73.1 Å². The first kappa shape index (κ1) is 24.0. The summed E-state index contributed by atoms with van der Waals surface area (Å²) in [7, 11) is -1.25. The first-order valence-corrected chi connectivity index (χ1v) is 10.4. The molecule has 0 aromatic rings. The average Bonchev–Trinajstić information content (AvgIpc) is 2.55. The number of hydrogen-bond acceptors (Lipinski definition) is 6. The standard InChI is InChI=1S/C16H36NO6P/c1-6-20-12-13-22-15-14-21-11-9-17(8-10-19-5)24(18,16(3)4)23-7-2/h16H,6-15H2,1-5H3. The molecule has 0 heterocycles. The largest absolute Gasteiger partial charge is 0.383 e. The van der Waals surface area contributed by atoms with Gasteiger partial charge in [0.1, 0.15) is 0 Å². The van der Waals surface area contributed by atoms with Gasteiger partial charge in [0.2, 0.25) is 0 Å². The molecule has 7 nitrogen and oxygen atoms in total. The van der Waals surface area contributed by atoms with Gasteiger partial charge in [-0.3, -0.25) is 4.57 Å². The van der Waals surface area contributed by atoms with Gasteiger partial charge in [0.15, 0.2) is 0 Å². The minimum absolute atomic E-state index is 0.0730. The maximum Gasteiger partial charge on any atom is 0.274 e. The zero-order chi connectivity index (χ0) is 18.3. The van der Waals surface area contributed by atoms with Gasteiger partial charge in [-0.25, -0.2) is 4.67 Å². The third-order valence-corrected chi connectivity index (χ3v) is 6.48. The van der Waals surface area contributed by atoms with Gasteiger partial charge >= 0.3 is 0 Å². The summed E-state index contributed by atoms with van der Waals surface area (Å²) in [4.78, 5) is 0. The van der Waals surface area contributed by atoms with Gasteiger partial charge in [-0.1, -0.05) is 13.8 Å². The van der Waals surface area contributed by atoms with Crippen LogP contribution in [0, 0.1) is 0 Å². The zero-order valence-electron chi connectivity index (χ0n) is 16.0. The molecule has 0 spiro atoms. The molecule has 0 aliphatic heterocycles. The van der Waals surface area contributed by atoms with Crippen LogP contribution in [-0.2, 0) is 28.0 Å². The number of rotatable bonds is 17. The highest BCUT2D eigenvalue weighted by molar-refractivity contribution is 7.57. The summed E-state index contributed by atoms with van der Waals surface area (Å²) in [5.41, 5.74) is -0.0730. The Morgan fingerprint density at radius 1 is 0.833 bits per heavy atom. The van der Waals surface area contributed by atoms with Gasteiger partial charge in [-0.2, -0.15) is 0 Å². The van der Waals surface area contributed by atoms with Crippen molar-refractivity contribution in [2.24, 2.45) is 0 Å². The van der Waals surface area contributed by atoms with Gasteiger partial charge in [0, 0.05) is 32.5 Å². The van der Waals surface area contributed by atoms with Crippen LogP contribution in [-0.4, -0.2) is 83.4 Å². The number of methoxy groups -OCH3 is 1. The van der Waals surface area contributed by atoms with Crippen LogP contribution in [0.15, 0.2) is 0 Å². The first-order valence-electron chi connectivity index (χ1n) is 8.74. The van der Waals surface area contributed by atoms with Gasteiger partial charge in [0.25, 0.3) is 7.52 Å². The van der Waals surface area contributed by atoms with Gasteiger partial charge in [0.05, 0.1) is 46.2 Å². The summed E-state index contributed by atoms with van der Waals surface area (Å²) in [5, 5.41) is 0. The Labute approximate surface area is 147 Å². The summed E-state index contributed by atoms with van der Waals surface area (Å²) in [6.45, 7) is 13.1. The van der Waals surface area contributed by atoms with E-state index in [4.69, 9.17) is 23.5 Å². The van der Waals surface area contributed by atoms with Crippen LogP contribution in [0.2, 0.25) is 0 Å². The van der Waals surface area contributed by atoms with E-state index in [0.29, 0.717) is 65.9 Å². The van der Waals surface area contributed by atoms with Crippen LogP contribution in [0.4, 0.5) is 0 Å². The third kappa shape index (κ3) is 10.1. The maximum absolute atomic E-state index is 13.1. The Morgan fingerprint density at radius 2 is 1.38 bits per heavy atom. The summed E-state index contributed by atoms with van der Waals surface area (Å²) >= 11 is 0. The van der Waals surface area contributed by atoms with Crippen molar-refractivity contribution in [1.82, 2.24) is 4.67 Å². The Kier molecular flexibility index (Phi) is 15.3. The molecule has 0 N–H and O–H groups in total. The van der Waals surface area contributed by atoms with Crippen molar-refractivity contribution in [3.8, 4) is 0 Å². The number of ether oxygens (including phenoxy) is 4. The lowest BCUT2D eigenvalue weighted by Crippen LogP contribution is -2.32. The quantitative estimate of drug-likeness (QED) is 0.288. The van der Waals surface area contributed by atoms with E-state index in [1.54, 1.807) is 7.11 Å². The lowest BCUT2D eigenvalue weighted by atomic mass is 10.6. The Balaban J connectivity index is 4.17. The van der Waals surface area contributed by atoms with Crippen molar-refractivity contribution in [2.45, 2.75) is 33.4 Å². The molecule has 0 amide bonds. The topological polar surface area (TPSA) is 66.5 Å². The van der Waals surface area contributed by atoms with Gasteiger partial charge in [-0.15, -0.1) is 0 Å². The molecule has 0 saturated heterocycles. The Morgan fingerprint density at radius 3 is 1.88 bits per heavy atom. The van der Waals surface area contributed by atoms with E-state index in [9.17, 15) is 4.57 Å². The molecule has 0 rings (SSSR count). The fraction of sp³-hybridized carbons (Fsp3) is 1.00. The molecule has 0 aromatic heterocycles. The SMILES string of the molecule is CCOCCOCCOCCN(CCOC)P(=O)(OCC)C(C)C. The molecule has 0 aliphatic carbocycles. The summed E-state index contributed by atoms with van der Waals surface area (Å²) in [6.07, 6.45) is 0. The molecule has 0 fully saturated rings. The predicted octanol–water partition coefficient (Wildman–Crippen LogP) is 2.64. The number of nitrogens with zero attached hydrogens (tertiary/aromatic N) is 1. The molecule has 0 saturated carbocycles. The molecule has 8 heteroatoms. The molecule has 1 atom stereocenters. The molecular formula is C16H36NO6P. The second-order valence-corrected chi connectivity index (χ2v) is 8.43. The predicted molar refractivity (Wildman–Crippen MR) is 95.9 cm³/mol. The third-order valence-electron chi connectivity index (χ3n) is 3.36. The van der Waals surface area contributed by atoms with Crippen molar-refractivity contribution >= 4 is 7.52 Å². The first-order chi connectivity index (χ1) is 11.5. The monoisotopic (exact) mass is 369 g/mol. The minimum atomic E-state index is -2.88. The summed E-state index contributed by atoms with van der Waals surface area (Å²) in [6, 6.07) is 0. The van der Waals surface area contributed by atoms with Crippen LogP contribution < -0.4 is 0 Å². The second kappa shape index (κ2) is 15.3. The van der Waals surface area contributed by atoms with Crippen LogP contribution >= 0.6 is 7.52 Å². The lowest BCUT2D eigenvalue weighted by Gasteiger charge is -2.33. The van der Waals surface area contributed by atoms with Crippen molar-refractivity contribution in [3.05, 3.63) is 0 Å². The molecule has 0 bridgehead atoms. The van der Waals surface area contributed by atoms with Crippen LogP contribution in [0.5, 0.6) is 0 Å². The lowest BCUT2D eigenvalue weighted by molar-refractivity contribution is 0.0144. The van der Waals surface area contributed by atoms with E-state index in [-0.39, 0.29) is 5.66 Å². The minimum Gasteiger partial charge on any atom is -0.383 e. The molecule has 0 aromatic carbocycles. The van der Waals surface area contributed by atoms with Crippen LogP contribution in [0.1, 0.15) is 27.7 Å². The summed E-state index contributed by atoms with van der Waals surface area (Å²) in [5.74, 6) is 0. The van der Waals surface area contributed by atoms with E-state index >= 15 is 0 Å². The molecule has 24 heavy (non-hydrogen) atoms. The highest BCUT2D eigenvalue weighted by Crippen LogP contribution is 2.54. The van der Waals surface area contributed by atoms with Crippen molar-refractivity contribution in [1.29, 1.82) is 0 Å². The normalized spacial score (nSPS) is 14.5. The molecule has 1 unspecified atom stereocenters. The van der Waals surface area contributed by atoms with Crippen LogP contribution in [0.3, 0.4) is 0 Å². The maximum atomic E-state index is 13.1. The smallest absolute Gasteiger partial charge is 0.274 e. The van der Waals surface area contributed by atoms with E-state index in [1.165, 1.54) is 0 Å². The van der Waals surface area contributed by atoms with Crippen molar-refractivity contribution in [3.63, 3.8) is 0 Å². The molecular weight excluding hydrogens is 333 g/mol. The average molecular weight is 369 g/mol. The second-order valence-electron chi connectivity index (χ2n) is 5.44. The molecule has 0 aliphatic rings. The Hall–Kier alpha value is -0.0100. The van der Waals surface area contributed by atoms with Gasteiger partial charge < -0.3 is 23.5 Å². The highest BCUT2D eigenvalue weighted by atomic mass is 31.2. The fourth-order valence-corrected chi connectivity index (χ4v) is 4.29. The van der Waals surface area contributed by atoms with Crippen molar-refractivity contribution < 1.29 is 28.0 Å².